The Bertz CT molecular complexity index is 401. The second-order valence-corrected chi connectivity index (χ2v) is 6.52. The van der Waals surface area contributed by atoms with E-state index in [0.717, 1.165) is 19.4 Å². The van der Waals surface area contributed by atoms with E-state index in [1.54, 1.807) is 13.8 Å². The van der Waals surface area contributed by atoms with Gasteiger partial charge in [0, 0.05) is 12.1 Å². The van der Waals surface area contributed by atoms with Crippen LogP contribution in [0.15, 0.2) is 4.99 Å². The summed E-state index contributed by atoms with van der Waals surface area (Å²) in [5.41, 5.74) is -0.768. The van der Waals surface area contributed by atoms with Crippen LogP contribution in [0.2, 0.25) is 0 Å². The number of hydroxylamine groups is 2. The number of hydrogen-bond acceptors (Lipinski definition) is 5. The predicted octanol–water partition coefficient (Wildman–Crippen LogP) is 2.30. The SMILES string of the molecule is CC(ON1CCCCC1(C)C)C1=NC(C)(C)C(=O)O1. The molecule has 2 aliphatic heterocycles. The van der Waals surface area contributed by atoms with Crippen molar-refractivity contribution in [1.29, 1.82) is 0 Å². The molecule has 1 unspecified atom stereocenters. The van der Waals surface area contributed by atoms with Gasteiger partial charge < -0.3 is 4.74 Å². The number of esters is 1. The molecule has 2 aliphatic rings. The van der Waals surface area contributed by atoms with Gasteiger partial charge in [0.1, 0.15) is 0 Å². The molecule has 19 heavy (non-hydrogen) atoms. The number of hydrogen-bond donors (Lipinski definition) is 0. The van der Waals surface area contributed by atoms with Gasteiger partial charge in [0.15, 0.2) is 11.6 Å². The maximum Gasteiger partial charge on any atom is 0.340 e. The Hall–Kier alpha value is -0.940. The minimum absolute atomic E-state index is 0.0190. The lowest BCUT2D eigenvalue weighted by molar-refractivity contribution is -0.240. The smallest absolute Gasteiger partial charge is 0.340 e. The summed E-state index contributed by atoms with van der Waals surface area (Å²) in [4.78, 5) is 21.9. The topological polar surface area (TPSA) is 51.1 Å². The molecule has 0 aromatic carbocycles. The monoisotopic (exact) mass is 268 g/mol. The highest BCUT2D eigenvalue weighted by molar-refractivity contribution is 6.01. The van der Waals surface area contributed by atoms with Gasteiger partial charge in [0.2, 0.25) is 5.90 Å². The van der Waals surface area contributed by atoms with Crippen LogP contribution in [0, 0.1) is 0 Å². The molecule has 0 aromatic rings. The zero-order valence-corrected chi connectivity index (χ0v) is 12.5. The lowest BCUT2D eigenvalue weighted by atomic mass is 9.93. The molecule has 1 fully saturated rings. The zero-order chi connectivity index (χ0) is 14.3. The van der Waals surface area contributed by atoms with Gasteiger partial charge >= 0.3 is 5.97 Å². The fourth-order valence-electron chi connectivity index (χ4n) is 2.41. The molecule has 5 heteroatoms. The zero-order valence-electron chi connectivity index (χ0n) is 12.5. The third kappa shape index (κ3) is 2.98. The second kappa shape index (κ2) is 4.87. The molecular formula is C14H24N2O3. The Morgan fingerprint density at radius 3 is 2.53 bits per heavy atom. The molecule has 2 heterocycles. The fourth-order valence-corrected chi connectivity index (χ4v) is 2.41. The third-order valence-electron chi connectivity index (χ3n) is 3.79. The molecule has 1 atom stereocenters. The van der Waals surface area contributed by atoms with Crippen molar-refractivity contribution >= 4 is 11.9 Å². The quantitative estimate of drug-likeness (QED) is 0.737. The molecule has 0 spiro atoms. The van der Waals surface area contributed by atoms with Crippen LogP contribution in [0.25, 0.3) is 0 Å². The van der Waals surface area contributed by atoms with E-state index < -0.39 is 5.54 Å². The first-order valence-corrected chi connectivity index (χ1v) is 6.99. The molecule has 5 nitrogen and oxygen atoms in total. The Labute approximate surface area is 114 Å². The summed E-state index contributed by atoms with van der Waals surface area (Å²) < 4.78 is 5.21. The summed E-state index contributed by atoms with van der Waals surface area (Å²) in [6, 6.07) is 0. The van der Waals surface area contributed by atoms with Crippen molar-refractivity contribution in [3.63, 3.8) is 0 Å². The second-order valence-electron chi connectivity index (χ2n) is 6.52. The largest absolute Gasteiger partial charge is 0.407 e. The maximum absolute atomic E-state index is 11.6. The summed E-state index contributed by atoms with van der Waals surface area (Å²) in [6.45, 7) is 10.6. The van der Waals surface area contributed by atoms with Gasteiger partial charge in [-0.15, -0.1) is 0 Å². The first-order valence-electron chi connectivity index (χ1n) is 6.99. The minimum Gasteiger partial charge on any atom is -0.407 e. The number of ether oxygens (including phenoxy) is 1. The average Bonchev–Trinajstić information content (AvgIpc) is 2.56. The van der Waals surface area contributed by atoms with E-state index in [1.165, 1.54) is 6.42 Å². The highest BCUT2D eigenvalue weighted by atomic mass is 16.7. The van der Waals surface area contributed by atoms with E-state index in [1.807, 2.05) is 12.0 Å². The highest BCUT2D eigenvalue weighted by Gasteiger charge is 2.40. The van der Waals surface area contributed by atoms with E-state index in [9.17, 15) is 4.79 Å². The summed E-state index contributed by atoms with van der Waals surface area (Å²) >= 11 is 0. The fraction of sp³-hybridized carbons (Fsp3) is 0.857. The molecule has 0 aromatic heterocycles. The van der Waals surface area contributed by atoms with E-state index in [2.05, 4.69) is 18.8 Å². The predicted molar refractivity (Wildman–Crippen MR) is 72.8 cm³/mol. The van der Waals surface area contributed by atoms with Gasteiger partial charge in [-0.3, -0.25) is 4.84 Å². The van der Waals surface area contributed by atoms with E-state index in [4.69, 9.17) is 9.57 Å². The van der Waals surface area contributed by atoms with Crippen molar-refractivity contribution in [1.82, 2.24) is 5.06 Å². The van der Waals surface area contributed by atoms with Gasteiger partial charge in [0.05, 0.1) is 0 Å². The molecule has 0 radical (unpaired) electrons. The van der Waals surface area contributed by atoms with Crippen molar-refractivity contribution in [3.8, 4) is 0 Å². The van der Waals surface area contributed by atoms with Crippen molar-refractivity contribution in [3.05, 3.63) is 0 Å². The minimum atomic E-state index is -0.787. The number of rotatable bonds is 3. The Kier molecular flexibility index (Phi) is 3.71. The van der Waals surface area contributed by atoms with Gasteiger partial charge in [-0.1, -0.05) is 6.42 Å². The number of carbonyl (C=O) groups is 1. The molecule has 2 rings (SSSR count). The van der Waals surface area contributed by atoms with E-state index in [0.29, 0.717) is 5.90 Å². The molecule has 0 aliphatic carbocycles. The van der Waals surface area contributed by atoms with Gasteiger partial charge in [-0.25, -0.2) is 9.79 Å². The van der Waals surface area contributed by atoms with Crippen molar-refractivity contribution in [2.45, 2.75) is 71.1 Å². The van der Waals surface area contributed by atoms with Crippen LogP contribution < -0.4 is 0 Å². The molecule has 108 valence electrons. The number of aliphatic imine (C=N–C) groups is 1. The maximum atomic E-state index is 11.6. The standard InChI is InChI=1S/C14H24N2O3/c1-10(11-15-14(4,5)12(17)18-11)19-16-9-7-6-8-13(16,2)3/h10H,6-9H2,1-5H3. The lowest BCUT2D eigenvalue weighted by Gasteiger charge is -2.42. The van der Waals surface area contributed by atoms with E-state index in [-0.39, 0.29) is 17.6 Å². The van der Waals surface area contributed by atoms with Crippen LogP contribution in [0.3, 0.4) is 0 Å². The first kappa shape index (κ1) is 14.5. The molecule has 0 N–H and O–H groups in total. The molecule has 0 bridgehead atoms. The number of carbonyl (C=O) groups excluding carboxylic acids is 1. The Morgan fingerprint density at radius 2 is 2.00 bits per heavy atom. The van der Waals surface area contributed by atoms with Crippen LogP contribution in [0.1, 0.15) is 53.9 Å². The molecule has 0 amide bonds. The van der Waals surface area contributed by atoms with E-state index >= 15 is 0 Å². The molecule has 0 saturated carbocycles. The summed E-state index contributed by atoms with van der Waals surface area (Å²) in [5, 5.41) is 2.00. The molecular weight excluding hydrogens is 244 g/mol. The number of nitrogens with zero attached hydrogens (tertiary/aromatic N) is 2. The molecule has 1 saturated heterocycles. The van der Waals surface area contributed by atoms with Crippen molar-refractivity contribution in [2.24, 2.45) is 4.99 Å². The number of cyclic esters (lactones) is 1. The van der Waals surface area contributed by atoms with Crippen LogP contribution in [-0.4, -0.2) is 40.7 Å². The first-order chi connectivity index (χ1) is 8.72. The van der Waals surface area contributed by atoms with Crippen molar-refractivity contribution in [2.75, 3.05) is 6.54 Å². The van der Waals surface area contributed by atoms with Crippen molar-refractivity contribution < 1.29 is 14.4 Å². The van der Waals surface area contributed by atoms with Crippen LogP contribution in [0.4, 0.5) is 0 Å². The van der Waals surface area contributed by atoms with Crippen LogP contribution >= 0.6 is 0 Å². The van der Waals surface area contributed by atoms with Gasteiger partial charge in [-0.05, 0) is 47.5 Å². The third-order valence-corrected chi connectivity index (χ3v) is 3.79. The number of piperidine rings is 1. The normalized spacial score (nSPS) is 27.8. The highest BCUT2D eigenvalue weighted by Crippen LogP contribution is 2.29. The summed E-state index contributed by atoms with van der Waals surface area (Å²) in [6.07, 6.45) is 3.14. The summed E-state index contributed by atoms with van der Waals surface area (Å²) in [7, 11) is 0. The summed E-state index contributed by atoms with van der Waals surface area (Å²) in [5.74, 6) is 0.0761. The van der Waals surface area contributed by atoms with Crippen LogP contribution in [-0.2, 0) is 14.4 Å². The Balaban J connectivity index is 2.02. The lowest BCUT2D eigenvalue weighted by Crippen LogP contribution is -2.49. The average molecular weight is 268 g/mol. The van der Waals surface area contributed by atoms with Crippen LogP contribution in [0.5, 0.6) is 0 Å². The van der Waals surface area contributed by atoms with Gasteiger partial charge in [0.25, 0.3) is 0 Å². The van der Waals surface area contributed by atoms with Gasteiger partial charge in [-0.2, -0.15) is 5.06 Å². The Morgan fingerprint density at radius 1 is 1.32 bits per heavy atom.